The molecule has 1 aromatic heterocycles. The lowest BCUT2D eigenvalue weighted by Gasteiger charge is -2.10. The second-order valence-electron chi connectivity index (χ2n) is 5.95. The molecule has 0 aliphatic rings. The average molecular weight is 371 g/mol. The first-order chi connectivity index (χ1) is 12.4. The summed E-state index contributed by atoms with van der Waals surface area (Å²) < 4.78 is 3.21. The van der Waals surface area contributed by atoms with E-state index in [9.17, 15) is 9.59 Å². The van der Waals surface area contributed by atoms with Crippen LogP contribution in [0.15, 0.2) is 53.3 Å². The molecule has 0 fully saturated rings. The summed E-state index contributed by atoms with van der Waals surface area (Å²) in [5, 5.41) is 5.80. The topological polar surface area (TPSA) is 68.1 Å². The standard InChI is InChI=1S/C19H19ClN4O2/c1-12-8-7-11-15(20)16(12)21-19(26)22-17-13(2)23(3)24(18(17)25)14-9-5-4-6-10-14/h4-11H,1-3H3,(H2,21,22,26). The maximum absolute atomic E-state index is 12.8. The van der Waals surface area contributed by atoms with E-state index < -0.39 is 6.03 Å². The summed E-state index contributed by atoms with van der Waals surface area (Å²) in [5.41, 5.74) is 2.63. The predicted molar refractivity (Wildman–Crippen MR) is 105 cm³/mol. The Morgan fingerprint density at radius 2 is 1.62 bits per heavy atom. The number of para-hydroxylation sites is 2. The highest BCUT2D eigenvalue weighted by Gasteiger charge is 2.18. The first-order valence-electron chi connectivity index (χ1n) is 8.07. The Kier molecular flexibility index (Phi) is 4.86. The van der Waals surface area contributed by atoms with E-state index in [-0.39, 0.29) is 11.2 Å². The molecule has 0 aliphatic heterocycles. The lowest BCUT2D eigenvalue weighted by Crippen LogP contribution is -2.25. The fraction of sp³-hybridized carbons (Fsp3) is 0.158. The molecule has 6 nitrogen and oxygen atoms in total. The molecule has 0 saturated carbocycles. The first-order valence-corrected chi connectivity index (χ1v) is 8.45. The monoisotopic (exact) mass is 370 g/mol. The van der Waals surface area contributed by atoms with E-state index in [4.69, 9.17) is 11.6 Å². The molecule has 0 bridgehead atoms. The molecule has 2 aromatic carbocycles. The van der Waals surface area contributed by atoms with Crippen LogP contribution in [0.5, 0.6) is 0 Å². The summed E-state index contributed by atoms with van der Waals surface area (Å²) in [6.45, 7) is 3.62. The van der Waals surface area contributed by atoms with Crippen molar-refractivity contribution in [2.24, 2.45) is 7.05 Å². The Hall–Kier alpha value is -2.99. The lowest BCUT2D eigenvalue weighted by molar-refractivity contribution is 0.262. The first kappa shape index (κ1) is 17.8. The summed E-state index contributed by atoms with van der Waals surface area (Å²) >= 11 is 6.14. The molecule has 0 unspecified atom stereocenters. The highest BCUT2D eigenvalue weighted by atomic mass is 35.5. The number of hydrogen-bond acceptors (Lipinski definition) is 2. The van der Waals surface area contributed by atoms with Crippen molar-refractivity contribution < 1.29 is 4.79 Å². The number of aromatic nitrogens is 2. The Morgan fingerprint density at radius 3 is 2.27 bits per heavy atom. The van der Waals surface area contributed by atoms with E-state index in [2.05, 4.69) is 10.6 Å². The van der Waals surface area contributed by atoms with Crippen LogP contribution in [-0.2, 0) is 7.05 Å². The number of urea groups is 1. The molecule has 0 atom stereocenters. The number of carbonyl (C=O) groups excluding carboxylic acids is 1. The third kappa shape index (κ3) is 3.23. The number of aryl methyl sites for hydroxylation is 1. The average Bonchev–Trinajstić information content (AvgIpc) is 2.82. The fourth-order valence-electron chi connectivity index (χ4n) is 2.76. The third-order valence-electron chi connectivity index (χ3n) is 4.25. The number of nitrogens with zero attached hydrogens (tertiary/aromatic N) is 2. The van der Waals surface area contributed by atoms with Crippen molar-refractivity contribution in [1.29, 1.82) is 0 Å². The molecule has 134 valence electrons. The zero-order chi connectivity index (χ0) is 18.8. The number of rotatable bonds is 3. The minimum Gasteiger partial charge on any atom is -0.306 e. The number of hydrogen-bond donors (Lipinski definition) is 2. The maximum Gasteiger partial charge on any atom is 0.323 e. The third-order valence-corrected chi connectivity index (χ3v) is 4.57. The zero-order valence-electron chi connectivity index (χ0n) is 14.7. The molecule has 0 saturated heterocycles. The molecule has 2 amide bonds. The van der Waals surface area contributed by atoms with Crippen molar-refractivity contribution in [2.75, 3.05) is 10.6 Å². The van der Waals surface area contributed by atoms with Crippen molar-refractivity contribution in [3.63, 3.8) is 0 Å². The summed E-state index contributed by atoms with van der Waals surface area (Å²) in [4.78, 5) is 25.2. The van der Waals surface area contributed by atoms with Crippen molar-refractivity contribution in [2.45, 2.75) is 13.8 Å². The molecule has 0 spiro atoms. The van der Waals surface area contributed by atoms with Crippen LogP contribution in [-0.4, -0.2) is 15.4 Å². The number of nitrogens with one attached hydrogen (secondary N) is 2. The van der Waals surface area contributed by atoms with Crippen LogP contribution in [0.2, 0.25) is 5.02 Å². The highest BCUT2D eigenvalue weighted by Crippen LogP contribution is 2.25. The summed E-state index contributed by atoms with van der Waals surface area (Å²) in [5.74, 6) is 0. The van der Waals surface area contributed by atoms with Crippen molar-refractivity contribution in [1.82, 2.24) is 9.36 Å². The molecule has 7 heteroatoms. The number of amides is 2. The van der Waals surface area contributed by atoms with E-state index in [1.165, 1.54) is 4.68 Å². The summed E-state index contributed by atoms with van der Waals surface area (Å²) in [7, 11) is 1.77. The second kappa shape index (κ2) is 7.09. The second-order valence-corrected chi connectivity index (χ2v) is 6.35. The molecular weight excluding hydrogens is 352 g/mol. The van der Waals surface area contributed by atoms with Gasteiger partial charge in [-0.05, 0) is 37.6 Å². The Balaban J connectivity index is 1.91. The van der Waals surface area contributed by atoms with E-state index in [0.717, 1.165) is 11.3 Å². The molecular formula is C19H19ClN4O2. The molecule has 3 aromatic rings. The van der Waals surface area contributed by atoms with Gasteiger partial charge in [-0.3, -0.25) is 9.48 Å². The van der Waals surface area contributed by atoms with Gasteiger partial charge in [0.05, 0.1) is 22.1 Å². The van der Waals surface area contributed by atoms with Gasteiger partial charge >= 0.3 is 6.03 Å². The van der Waals surface area contributed by atoms with Crippen LogP contribution < -0.4 is 16.2 Å². The van der Waals surface area contributed by atoms with E-state index >= 15 is 0 Å². The molecule has 3 rings (SSSR count). The van der Waals surface area contributed by atoms with Crippen LogP contribution in [0.3, 0.4) is 0 Å². The van der Waals surface area contributed by atoms with Gasteiger partial charge in [0.1, 0.15) is 5.69 Å². The van der Waals surface area contributed by atoms with Gasteiger partial charge in [0.2, 0.25) is 0 Å². The van der Waals surface area contributed by atoms with Crippen LogP contribution in [0.1, 0.15) is 11.3 Å². The summed E-state index contributed by atoms with van der Waals surface area (Å²) in [6.07, 6.45) is 0. The van der Waals surface area contributed by atoms with Crippen LogP contribution in [0.25, 0.3) is 5.69 Å². The number of benzene rings is 2. The van der Waals surface area contributed by atoms with Gasteiger partial charge in [-0.15, -0.1) is 0 Å². The lowest BCUT2D eigenvalue weighted by atomic mass is 10.2. The van der Waals surface area contributed by atoms with E-state index in [0.29, 0.717) is 16.4 Å². The van der Waals surface area contributed by atoms with Crippen molar-refractivity contribution >= 4 is 29.0 Å². The quantitative estimate of drug-likeness (QED) is 0.729. The Bertz CT molecular complexity index is 1000. The maximum atomic E-state index is 12.8. The van der Waals surface area contributed by atoms with Crippen LogP contribution in [0.4, 0.5) is 16.2 Å². The molecule has 0 radical (unpaired) electrons. The minimum atomic E-state index is -0.521. The van der Waals surface area contributed by atoms with Gasteiger partial charge in [-0.2, -0.15) is 0 Å². The highest BCUT2D eigenvalue weighted by molar-refractivity contribution is 6.34. The number of carbonyl (C=O) groups is 1. The molecule has 1 heterocycles. The fourth-order valence-corrected chi connectivity index (χ4v) is 3.03. The molecule has 0 aliphatic carbocycles. The molecule has 2 N–H and O–H groups in total. The number of halogens is 1. The van der Waals surface area contributed by atoms with Gasteiger partial charge in [-0.1, -0.05) is 41.9 Å². The van der Waals surface area contributed by atoms with Gasteiger partial charge < -0.3 is 10.6 Å². The van der Waals surface area contributed by atoms with E-state index in [1.54, 1.807) is 30.8 Å². The normalized spacial score (nSPS) is 10.6. The van der Waals surface area contributed by atoms with Crippen LogP contribution in [0, 0.1) is 13.8 Å². The van der Waals surface area contributed by atoms with Gasteiger partial charge in [0, 0.05) is 7.05 Å². The largest absolute Gasteiger partial charge is 0.323 e. The van der Waals surface area contributed by atoms with E-state index in [1.807, 2.05) is 43.3 Å². The minimum absolute atomic E-state index is 0.221. The number of anilines is 2. The Morgan fingerprint density at radius 1 is 0.962 bits per heavy atom. The SMILES string of the molecule is Cc1cccc(Cl)c1NC(=O)Nc1c(C)n(C)n(-c2ccccc2)c1=O. The zero-order valence-corrected chi connectivity index (χ0v) is 15.5. The molecule has 26 heavy (non-hydrogen) atoms. The van der Waals surface area contributed by atoms with Crippen molar-refractivity contribution in [3.05, 3.63) is 75.2 Å². The van der Waals surface area contributed by atoms with Gasteiger partial charge in [0.25, 0.3) is 5.56 Å². The predicted octanol–water partition coefficient (Wildman–Crippen LogP) is 4.09. The van der Waals surface area contributed by atoms with Crippen LogP contribution >= 0.6 is 11.6 Å². The smallest absolute Gasteiger partial charge is 0.306 e. The van der Waals surface area contributed by atoms with Gasteiger partial charge in [0.15, 0.2) is 0 Å². The summed E-state index contributed by atoms with van der Waals surface area (Å²) in [6, 6.07) is 14.1. The van der Waals surface area contributed by atoms with Gasteiger partial charge in [-0.25, -0.2) is 9.48 Å². The Labute approximate surface area is 156 Å². The van der Waals surface area contributed by atoms with Crippen molar-refractivity contribution in [3.8, 4) is 5.69 Å².